The Morgan fingerprint density at radius 3 is 1.62 bits per heavy atom. The van der Waals surface area contributed by atoms with E-state index in [1.54, 1.807) is 12.1 Å². The van der Waals surface area contributed by atoms with E-state index in [0.717, 1.165) is 18.7 Å². The van der Waals surface area contributed by atoms with E-state index < -0.39 is 5.91 Å². The Kier molecular flexibility index (Phi) is 5.37. The zero-order valence-corrected chi connectivity index (χ0v) is 15.3. The van der Waals surface area contributed by atoms with E-state index in [1.165, 1.54) is 22.4 Å². The van der Waals surface area contributed by atoms with Gasteiger partial charge in [-0.15, -0.1) is 0 Å². The molecular weight excluding hydrogens is 320 g/mol. The van der Waals surface area contributed by atoms with Gasteiger partial charge in [-0.25, -0.2) is 0 Å². The zero-order valence-electron chi connectivity index (χ0n) is 15.3. The molecule has 3 rings (SSSR count). The molecule has 0 aliphatic carbocycles. The summed E-state index contributed by atoms with van der Waals surface area (Å²) >= 11 is 0. The van der Waals surface area contributed by atoms with E-state index in [4.69, 9.17) is 5.73 Å². The highest BCUT2D eigenvalue weighted by Crippen LogP contribution is 2.21. The zero-order chi connectivity index (χ0) is 18.5. The average Bonchev–Trinajstić information content (AvgIpc) is 2.64. The predicted molar refractivity (Wildman–Crippen MR) is 107 cm³/mol. The molecule has 0 fully saturated rings. The second-order valence-electron chi connectivity index (χ2n) is 6.74. The number of rotatable bonds is 6. The van der Waals surface area contributed by atoms with E-state index in [0.29, 0.717) is 5.56 Å². The molecule has 0 unspecified atom stereocenters. The molecule has 3 aromatic rings. The normalized spacial score (nSPS) is 10.5. The van der Waals surface area contributed by atoms with Gasteiger partial charge in [0.15, 0.2) is 0 Å². The Labute approximate surface area is 155 Å². The van der Waals surface area contributed by atoms with Gasteiger partial charge in [0.05, 0.1) is 0 Å². The first kappa shape index (κ1) is 17.7. The molecule has 0 aliphatic heterocycles. The van der Waals surface area contributed by atoms with Crippen molar-refractivity contribution in [2.75, 3.05) is 4.90 Å². The van der Waals surface area contributed by atoms with Crippen molar-refractivity contribution >= 4 is 11.6 Å². The summed E-state index contributed by atoms with van der Waals surface area (Å²) in [4.78, 5) is 13.6. The minimum absolute atomic E-state index is 0.397. The van der Waals surface area contributed by atoms with Crippen molar-refractivity contribution in [2.45, 2.75) is 26.9 Å². The molecule has 0 saturated heterocycles. The molecule has 2 N–H and O–H groups in total. The number of carbonyl (C=O) groups excluding carboxylic acids is 1. The van der Waals surface area contributed by atoms with E-state index in [9.17, 15) is 4.79 Å². The second kappa shape index (κ2) is 7.87. The third-order valence-corrected chi connectivity index (χ3v) is 4.51. The van der Waals surface area contributed by atoms with Crippen LogP contribution >= 0.6 is 0 Å². The van der Waals surface area contributed by atoms with Crippen LogP contribution in [-0.2, 0) is 13.1 Å². The molecule has 0 bridgehead atoms. The molecule has 0 spiro atoms. The van der Waals surface area contributed by atoms with Gasteiger partial charge in [-0.2, -0.15) is 0 Å². The SMILES string of the molecule is Cc1ccc(CN(Cc2ccc(C(N)=O)cc2)c2ccc(C)cc2)cc1. The van der Waals surface area contributed by atoms with Gasteiger partial charge in [0, 0.05) is 24.3 Å². The maximum absolute atomic E-state index is 11.3. The van der Waals surface area contributed by atoms with Crippen molar-refractivity contribution in [1.29, 1.82) is 0 Å². The van der Waals surface area contributed by atoms with E-state index in [1.807, 2.05) is 12.1 Å². The number of hydrogen-bond donors (Lipinski definition) is 1. The Hall–Kier alpha value is -3.07. The van der Waals surface area contributed by atoms with Crippen LogP contribution in [0, 0.1) is 13.8 Å². The van der Waals surface area contributed by atoms with Crippen molar-refractivity contribution in [1.82, 2.24) is 0 Å². The number of nitrogens with two attached hydrogens (primary N) is 1. The summed E-state index contributed by atoms with van der Waals surface area (Å²) in [5.74, 6) is -0.397. The van der Waals surface area contributed by atoms with Gasteiger partial charge in [-0.05, 0) is 49.2 Å². The average molecular weight is 344 g/mol. The van der Waals surface area contributed by atoms with Crippen LogP contribution in [0.4, 0.5) is 5.69 Å². The van der Waals surface area contributed by atoms with Gasteiger partial charge in [0.2, 0.25) is 5.91 Å². The summed E-state index contributed by atoms with van der Waals surface area (Å²) in [6.45, 7) is 5.77. The number of aryl methyl sites for hydroxylation is 2. The van der Waals surface area contributed by atoms with Crippen molar-refractivity contribution in [2.24, 2.45) is 5.73 Å². The summed E-state index contributed by atoms with van der Waals surface area (Å²) in [6, 6.07) is 24.7. The molecule has 0 saturated carbocycles. The molecule has 3 nitrogen and oxygen atoms in total. The van der Waals surface area contributed by atoms with Gasteiger partial charge in [0.1, 0.15) is 0 Å². The number of nitrogens with zero attached hydrogens (tertiary/aromatic N) is 1. The van der Waals surface area contributed by atoms with Crippen LogP contribution in [0.25, 0.3) is 0 Å². The van der Waals surface area contributed by atoms with Crippen LogP contribution < -0.4 is 10.6 Å². The van der Waals surface area contributed by atoms with Crippen LogP contribution in [0.1, 0.15) is 32.6 Å². The van der Waals surface area contributed by atoms with Crippen LogP contribution in [0.5, 0.6) is 0 Å². The lowest BCUT2D eigenvalue weighted by Gasteiger charge is -2.25. The standard InChI is InChI=1S/C23H24N2O/c1-17-3-7-19(8-4-17)15-25(22-13-5-18(2)6-14-22)16-20-9-11-21(12-10-20)23(24)26/h3-14H,15-16H2,1-2H3,(H2,24,26). The fraction of sp³-hybridized carbons (Fsp3) is 0.174. The first-order valence-corrected chi connectivity index (χ1v) is 8.77. The number of hydrogen-bond acceptors (Lipinski definition) is 2. The van der Waals surface area contributed by atoms with Crippen molar-refractivity contribution in [3.05, 3.63) is 101 Å². The molecule has 0 aliphatic rings. The molecule has 0 heterocycles. The first-order chi connectivity index (χ1) is 12.5. The number of carbonyl (C=O) groups is 1. The topological polar surface area (TPSA) is 46.3 Å². The molecule has 132 valence electrons. The van der Waals surface area contributed by atoms with Crippen LogP contribution in [0.3, 0.4) is 0 Å². The third kappa shape index (κ3) is 4.51. The molecule has 0 aromatic heterocycles. The van der Waals surface area contributed by atoms with Crippen molar-refractivity contribution in [3.63, 3.8) is 0 Å². The van der Waals surface area contributed by atoms with Gasteiger partial charge in [-0.3, -0.25) is 4.79 Å². The number of primary amides is 1. The van der Waals surface area contributed by atoms with Crippen molar-refractivity contribution < 1.29 is 4.79 Å². The summed E-state index contributed by atoms with van der Waals surface area (Å²) in [6.07, 6.45) is 0. The summed E-state index contributed by atoms with van der Waals surface area (Å²) in [7, 11) is 0. The lowest BCUT2D eigenvalue weighted by Crippen LogP contribution is -2.22. The molecule has 0 atom stereocenters. The Morgan fingerprint density at radius 1 is 0.731 bits per heavy atom. The van der Waals surface area contributed by atoms with E-state index in [2.05, 4.69) is 67.3 Å². The highest BCUT2D eigenvalue weighted by molar-refractivity contribution is 5.92. The molecule has 3 heteroatoms. The Morgan fingerprint density at radius 2 is 1.15 bits per heavy atom. The smallest absolute Gasteiger partial charge is 0.248 e. The van der Waals surface area contributed by atoms with Gasteiger partial charge >= 0.3 is 0 Å². The quantitative estimate of drug-likeness (QED) is 0.710. The fourth-order valence-electron chi connectivity index (χ4n) is 2.90. The van der Waals surface area contributed by atoms with Crippen LogP contribution in [0.15, 0.2) is 72.8 Å². The summed E-state index contributed by atoms with van der Waals surface area (Å²) < 4.78 is 0. The largest absolute Gasteiger partial charge is 0.366 e. The van der Waals surface area contributed by atoms with E-state index in [-0.39, 0.29) is 0 Å². The van der Waals surface area contributed by atoms with Gasteiger partial charge in [-0.1, -0.05) is 59.7 Å². The number of anilines is 1. The second-order valence-corrected chi connectivity index (χ2v) is 6.74. The maximum Gasteiger partial charge on any atom is 0.248 e. The monoisotopic (exact) mass is 344 g/mol. The Balaban J connectivity index is 1.85. The third-order valence-electron chi connectivity index (χ3n) is 4.51. The molecule has 3 aromatic carbocycles. The van der Waals surface area contributed by atoms with Gasteiger partial charge < -0.3 is 10.6 Å². The van der Waals surface area contributed by atoms with Crippen LogP contribution in [0.2, 0.25) is 0 Å². The maximum atomic E-state index is 11.3. The summed E-state index contributed by atoms with van der Waals surface area (Å²) in [5, 5.41) is 0. The lowest BCUT2D eigenvalue weighted by molar-refractivity contribution is 0.100. The highest BCUT2D eigenvalue weighted by atomic mass is 16.1. The first-order valence-electron chi connectivity index (χ1n) is 8.77. The minimum atomic E-state index is -0.397. The van der Waals surface area contributed by atoms with Crippen molar-refractivity contribution in [3.8, 4) is 0 Å². The molecular formula is C23H24N2O. The predicted octanol–water partition coefficient (Wildman–Crippen LogP) is 4.61. The summed E-state index contributed by atoms with van der Waals surface area (Å²) in [5.41, 5.74) is 12.0. The molecule has 0 radical (unpaired) electrons. The highest BCUT2D eigenvalue weighted by Gasteiger charge is 2.09. The fourth-order valence-corrected chi connectivity index (χ4v) is 2.90. The number of amides is 1. The molecule has 26 heavy (non-hydrogen) atoms. The minimum Gasteiger partial charge on any atom is -0.366 e. The van der Waals surface area contributed by atoms with Crippen LogP contribution in [-0.4, -0.2) is 5.91 Å². The number of benzene rings is 3. The van der Waals surface area contributed by atoms with Gasteiger partial charge in [0.25, 0.3) is 0 Å². The lowest BCUT2D eigenvalue weighted by atomic mass is 10.1. The van der Waals surface area contributed by atoms with E-state index >= 15 is 0 Å². The molecule has 1 amide bonds. The Bertz CT molecular complexity index is 866.